The minimum atomic E-state index is -4.67. The van der Waals surface area contributed by atoms with Gasteiger partial charge in [0.2, 0.25) is 5.91 Å². The fourth-order valence-corrected chi connectivity index (χ4v) is 2.56. The number of para-hydroxylation sites is 1. The molecule has 2 rings (SSSR count). The molecular weight excluding hydrogens is 357 g/mol. The van der Waals surface area contributed by atoms with E-state index in [1.54, 1.807) is 12.1 Å². The second kappa shape index (κ2) is 7.31. The van der Waals surface area contributed by atoms with Gasteiger partial charge in [-0.25, -0.2) is 0 Å². The molecule has 0 atom stereocenters. The second-order valence-electron chi connectivity index (χ2n) is 5.80. The van der Waals surface area contributed by atoms with Crippen molar-refractivity contribution < 1.29 is 18.0 Å². The molecule has 4 nitrogen and oxygen atoms in total. The van der Waals surface area contributed by atoms with Crippen LogP contribution in [0.4, 0.5) is 18.9 Å². The maximum absolute atomic E-state index is 12.8. The van der Waals surface area contributed by atoms with Crippen molar-refractivity contribution in [3.63, 3.8) is 0 Å². The van der Waals surface area contributed by atoms with Gasteiger partial charge in [-0.05, 0) is 23.6 Å². The van der Waals surface area contributed by atoms with Crippen LogP contribution in [0.25, 0.3) is 0 Å². The van der Waals surface area contributed by atoms with E-state index < -0.39 is 34.8 Å². The predicted molar refractivity (Wildman–Crippen MR) is 89.9 cm³/mol. The molecule has 134 valence electrons. The smallest absolute Gasteiger partial charge is 0.324 e. The molecule has 25 heavy (non-hydrogen) atoms. The summed E-state index contributed by atoms with van der Waals surface area (Å²) in [6.45, 7) is 3.32. The Balaban J connectivity index is 2.27. The maximum atomic E-state index is 12.8. The number of nitrogens with one attached hydrogen (secondary N) is 1. The van der Waals surface area contributed by atoms with Crippen molar-refractivity contribution in [2.45, 2.75) is 32.5 Å². The van der Waals surface area contributed by atoms with Crippen molar-refractivity contribution in [2.75, 3.05) is 5.32 Å². The van der Waals surface area contributed by atoms with E-state index in [4.69, 9.17) is 11.6 Å². The third kappa shape index (κ3) is 4.63. The van der Waals surface area contributed by atoms with Crippen LogP contribution < -0.4 is 10.9 Å². The molecule has 0 spiro atoms. The summed E-state index contributed by atoms with van der Waals surface area (Å²) in [5.41, 5.74) is -0.520. The van der Waals surface area contributed by atoms with Crippen LogP contribution in [0.15, 0.2) is 41.3 Å². The number of anilines is 1. The van der Waals surface area contributed by atoms with Gasteiger partial charge in [-0.1, -0.05) is 43.6 Å². The molecule has 0 aliphatic heterocycles. The maximum Gasteiger partial charge on any atom is 0.417 e. The zero-order valence-corrected chi connectivity index (χ0v) is 14.3. The Kier molecular flexibility index (Phi) is 5.57. The fourth-order valence-electron chi connectivity index (χ4n) is 2.33. The summed E-state index contributed by atoms with van der Waals surface area (Å²) >= 11 is 5.57. The van der Waals surface area contributed by atoms with Gasteiger partial charge in [0.25, 0.3) is 5.56 Å². The van der Waals surface area contributed by atoms with Gasteiger partial charge in [-0.3, -0.25) is 9.59 Å². The van der Waals surface area contributed by atoms with Gasteiger partial charge in [0.05, 0.1) is 5.56 Å². The highest BCUT2D eigenvalue weighted by molar-refractivity contribution is 6.30. The van der Waals surface area contributed by atoms with E-state index in [0.717, 1.165) is 5.56 Å². The minimum Gasteiger partial charge on any atom is -0.324 e. The van der Waals surface area contributed by atoms with Crippen LogP contribution in [0.5, 0.6) is 0 Å². The molecule has 0 unspecified atom stereocenters. The predicted octanol–water partition coefficient (Wildman–Crippen LogP) is 4.28. The first-order chi connectivity index (χ1) is 11.6. The summed E-state index contributed by atoms with van der Waals surface area (Å²) < 4.78 is 39.1. The lowest BCUT2D eigenvalue weighted by Gasteiger charge is -2.15. The Morgan fingerprint density at radius 1 is 1.28 bits per heavy atom. The number of rotatable bonds is 4. The van der Waals surface area contributed by atoms with Crippen molar-refractivity contribution in [3.05, 3.63) is 63.0 Å². The van der Waals surface area contributed by atoms with Crippen molar-refractivity contribution in [1.29, 1.82) is 0 Å². The molecule has 0 radical (unpaired) electrons. The largest absolute Gasteiger partial charge is 0.417 e. The monoisotopic (exact) mass is 372 g/mol. The number of pyridine rings is 1. The van der Waals surface area contributed by atoms with Crippen LogP contribution >= 0.6 is 11.6 Å². The molecule has 2 aromatic rings. The van der Waals surface area contributed by atoms with Gasteiger partial charge in [0.1, 0.15) is 11.6 Å². The molecule has 0 aliphatic rings. The molecular formula is C17H16ClF3N2O2. The lowest BCUT2D eigenvalue weighted by Crippen LogP contribution is -2.29. The quantitative estimate of drug-likeness (QED) is 0.870. The summed E-state index contributed by atoms with van der Waals surface area (Å²) in [7, 11) is 0. The molecule has 1 aromatic heterocycles. The van der Waals surface area contributed by atoms with Crippen LogP contribution in [0.1, 0.15) is 30.9 Å². The number of carbonyl (C=O) groups is 1. The Bertz CT molecular complexity index is 845. The number of amides is 1. The fraction of sp³-hybridized carbons (Fsp3) is 0.294. The molecule has 8 heteroatoms. The number of hydrogen-bond donors (Lipinski definition) is 1. The molecule has 0 saturated carbocycles. The first-order valence-corrected chi connectivity index (χ1v) is 7.83. The van der Waals surface area contributed by atoms with Crippen LogP contribution in [0.2, 0.25) is 5.02 Å². The molecule has 1 aromatic carbocycles. The Morgan fingerprint density at radius 3 is 2.52 bits per heavy atom. The Morgan fingerprint density at radius 2 is 1.92 bits per heavy atom. The lowest BCUT2D eigenvalue weighted by molar-refractivity contribution is -0.138. The van der Waals surface area contributed by atoms with E-state index in [0.29, 0.717) is 22.5 Å². The van der Waals surface area contributed by atoms with Gasteiger partial charge in [0, 0.05) is 11.9 Å². The number of alkyl halides is 3. The molecule has 1 N–H and O–H groups in total. The third-order valence-corrected chi connectivity index (χ3v) is 3.81. The van der Waals surface area contributed by atoms with Gasteiger partial charge in [0.15, 0.2) is 0 Å². The standard InChI is InChI=1S/C17H16ClF3N2O2/c1-10(2)12-5-3-4-6-14(12)22-15(24)9-23-8-11(17(19,20)21)7-13(18)16(23)25/h3-8,10H,9H2,1-2H3,(H,22,24). The normalized spacial score (nSPS) is 11.6. The Labute approximate surface area is 147 Å². The number of carbonyl (C=O) groups excluding carboxylic acids is 1. The summed E-state index contributed by atoms with van der Waals surface area (Å²) in [6.07, 6.45) is -4.08. The van der Waals surface area contributed by atoms with Crippen molar-refractivity contribution in [3.8, 4) is 0 Å². The van der Waals surface area contributed by atoms with E-state index in [1.165, 1.54) is 0 Å². The van der Waals surface area contributed by atoms with Gasteiger partial charge in [-0.15, -0.1) is 0 Å². The first-order valence-electron chi connectivity index (χ1n) is 7.45. The lowest BCUT2D eigenvalue weighted by atomic mass is 10.0. The zero-order chi connectivity index (χ0) is 18.8. The summed E-state index contributed by atoms with van der Waals surface area (Å²) in [5, 5.41) is 2.03. The minimum absolute atomic E-state index is 0.141. The van der Waals surface area contributed by atoms with Crippen LogP contribution in [0, 0.1) is 0 Å². The van der Waals surface area contributed by atoms with Gasteiger partial charge < -0.3 is 9.88 Å². The summed E-state index contributed by atoms with van der Waals surface area (Å²) in [5.74, 6) is -0.479. The average molecular weight is 373 g/mol. The third-order valence-electron chi connectivity index (χ3n) is 3.54. The van der Waals surface area contributed by atoms with E-state index in [9.17, 15) is 22.8 Å². The molecule has 0 saturated heterocycles. The highest BCUT2D eigenvalue weighted by atomic mass is 35.5. The number of halogens is 4. The number of benzene rings is 1. The molecule has 1 heterocycles. The van der Waals surface area contributed by atoms with Crippen molar-refractivity contribution in [2.24, 2.45) is 0 Å². The molecule has 0 fully saturated rings. The second-order valence-corrected chi connectivity index (χ2v) is 6.20. The average Bonchev–Trinajstić information content (AvgIpc) is 2.50. The molecule has 1 amide bonds. The van der Waals surface area contributed by atoms with Crippen molar-refractivity contribution >= 4 is 23.2 Å². The highest BCUT2D eigenvalue weighted by Crippen LogP contribution is 2.29. The van der Waals surface area contributed by atoms with E-state index in [2.05, 4.69) is 5.32 Å². The summed E-state index contributed by atoms with van der Waals surface area (Å²) in [4.78, 5) is 24.1. The van der Waals surface area contributed by atoms with E-state index >= 15 is 0 Å². The van der Waals surface area contributed by atoms with Crippen LogP contribution in [0.3, 0.4) is 0 Å². The highest BCUT2D eigenvalue weighted by Gasteiger charge is 2.32. The topological polar surface area (TPSA) is 51.1 Å². The molecule has 0 aliphatic carbocycles. The van der Waals surface area contributed by atoms with Gasteiger partial charge >= 0.3 is 6.18 Å². The van der Waals surface area contributed by atoms with Crippen molar-refractivity contribution in [1.82, 2.24) is 4.57 Å². The van der Waals surface area contributed by atoms with Crippen LogP contribution in [-0.4, -0.2) is 10.5 Å². The van der Waals surface area contributed by atoms with Gasteiger partial charge in [-0.2, -0.15) is 13.2 Å². The number of aromatic nitrogens is 1. The van der Waals surface area contributed by atoms with E-state index in [1.807, 2.05) is 26.0 Å². The number of nitrogens with zero attached hydrogens (tertiary/aromatic N) is 1. The van der Waals surface area contributed by atoms with E-state index in [-0.39, 0.29) is 5.92 Å². The zero-order valence-electron chi connectivity index (χ0n) is 13.5. The first kappa shape index (κ1) is 19.1. The summed E-state index contributed by atoms with van der Waals surface area (Å²) in [6, 6.07) is 7.63. The number of hydrogen-bond acceptors (Lipinski definition) is 2. The molecule has 0 bridgehead atoms. The Hall–Kier alpha value is -2.28. The SMILES string of the molecule is CC(C)c1ccccc1NC(=O)Cn1cc(C(F)(F)F)cc(Cl)c1=O. The van der Waals surface area contributed by atoms with Crippen LogP contribution in [-0.2, 0) is 17.5 Å².